The van der Waals surface area contributed by atoms with E-state index in [0.717, 1.165) is 37.9 Å². The molecule has 0 atom stereocenters. The van der Waals surface area contributed by atoms with E-state index in [2.05, 4.69) is 23.8 Å². The fourth-order valence-electron chi connectivity index (χ4n) is 3.76. The molecular formula is C24H36F2O2. The van der Waals surface area contributed by atoms with Crippen molar-refractivity contribution in [3.05, 3.63) is 35.9 Å². The van der Waals surface area contributed by atoms with E-state index < -0.39 is 6.61 Å². The minimum absolute atomic E-state index is 0.200. The van der Waals surface area contributed by atoms with Gasteiger partial charge in [-0.2, -0.15) is 8.78 Å². The van der Waals surface area contributed by atoms with Gasteiger partial charge in [-0.3, -0.25) is 0 Å². The second-order valence-corrected chi connectivity index (χ2v) is 7.84. The number of allylic oxidation sites excluding steroid dienone is 1. The minimum Gasteiger partial charge on any atom is -0.435 e. The number of benzene rings is 1. The predicted octanol–water partition coefficient (Wildman–Crippen LogP) is 7.63. The molecule has 1 aliphatic carbocycles. The smallest absolute Gasteiger partial charge is 0.387 e. The second-order valence-electron chi connectivity index (χ2n) is 7.84. The lowest BCUT2D eigenvalue weighted by molar-refractivity contribution is -0.0498. The summed E-state index contributed by atoms with van der Waals surface area (Å²) in [6.07, 6.45) is 18.6. The van der Waals surface area contributed by atoms with E-state index >= 15 is 0 Å². The summed E-state index contributed by atoms with van der Waals surface area (Å²) < 4.78 is 34.8. The highest BCUT2D eigenvalue weighted by Crippen LogP contribution is 2.28. The third-order valence-electron chi connectivity index (χ3n) is 5.49. The van der Waals surface area contributed by atoms with Crippen LogP contribution in [0.3, 0.4) is 0 Å². The molecule has 1 saturated carbocycles. The summed E-state index contributed by atoms with van der Waals surface area (Å²) in [5.74, 6) is 0.779. The Morgan fingerprint density at radius 2 is 1.57 bits per heavy atom. The molecule has 0 unspecified atom stereocenters. The maximum Gasteiger partial charge on any atom is 0.387 e. The van der Waals surface area contributed by atoms with Gasteiger partial charge in [0.25, 0.3) is 0 Å². The topological polar surface area (TPSA) is 18.5 Å². The number of unbranched alkanes of at least 4 members (excludes halogenated alkanes) is 6. The van der Waals surface area contributed by atoms with E-state index in [0.29, 0.717) is 12.0 Å². The van der Waals surface area contributed by atoms with Crippen molar-refractivity contribution in [3.8, 4) is 5.75 Å². The minimum atomic E-state index is -2.77. The number of hydrogen-bond acceptors (Lipinski definition) is 2. The van der Waals surface area contributed by atoms with Gasteiger partial charge in [0.15, 0.2) is 0 Å². The van der Waals surface area contributed by atoms with Crippen molar-refractivity contribution in [2.24, 2.45) is 5.92 Å². The molecule has 4 heteroatoms. The Kier molecular flexibility index (Phi) is 11.2. The van der Waals surface area contributed by atoms with E-state index in [1.807, 2.05) is 12.1 Å². The average molecular weight is 395 g/mol. The van der Waals surface area contributed by atoms with Crippen LogP contribution in [0.2, 0.25) is 0 Å². The standard InChI is InChI=1S/C24H36F2O2/c1-2-3-4-5-6-7-8-19-27-22-15-11-20(12-16-22)9-10-21-13-17-23(18-14-21)28-24(25)26/h9-10,13-14,17-18,20,22,24H,2-8,11-12,15-16,19H2,1H3. The van der Waals surface area contributed by atoms with E-state index in [4.69, 9.17) is 4.74 Å². The summed E-state index contributed by atoms with van der Waals surface area (Å²) in [5.41, 5.74) is 1.01. The highest BCUT2D eigenvalue weighted by atomic mass is 19.3. The zero-order valence-electron chi connectivity index (χ0n) is 17.3. The first-order chi connectivity index (χ1) is 13.7. The molecule has 1 aromatic rings. The van der Waals surface area contributed by atoms with Crippen LogP contribution in [0.25, 0.3) is 6.08 Å². The first-order valence-corrected chi connectivity index (χ1v) is 11.0. The van der Waals surface area contributed by atoms with Gasteiger partial charge >= 0.3 is 6.61 Å². The lowest BCUT2D eigenvalue weighted by Gasteiger charge is -2.27. The summed E-state index contributed by atoms with van der Waals surface area (Å²) in [6, 6.07) is 6.79. The number of alkyl halides is 2. The Balaban J connectivity index is 1.56. The lowest BCUT2D eigenvalue weighted by atomic mass is 9.87. The van der Waals surface area contributed by atoms with Gasteiger partial charge in [-0.25, -0.2) is 0 Å². The molecule has 0 heterocycles. The first kappa shape index (κ1) is 22.9. The van der Waals surface area contributed by atoms with Crippen LogP contribution >= 0.6 is 0 Å². The molecule has 0 aromatic heterocycles. The van der Waals surface area contributed by atoms with Crippen LogP contribution in [0.15, 0.2) is 30.3 Å². The molecule has 0 spiro atoms. The van der Waals surface area contributed by atoms with Gasteiger partial charge in [0.1, 0.15) is 5.75 Å². The number of halogens is 2. The largest absolute Gasteiger partial charge is 0.435 e. The third-order valence-corrected chi connectivity index (χ3v) is 5.49. The summed E-state index contributed by atoms with van der Waals surface area (Å²) in [5, 5.41) is 0. The molecule has 0 aliphatic heterocycles. The van der Waals surface area contributed by atoms with Gasteiger partial charge in [-0.15, -0.1) is 0 Å². The van der Waals surface area contributed by atoms with Crippen molar-refractivity contribution < 1.29 is 18.3 Å². The van der Waals surface area contributed by atoms with E-state index in [1.54, 1.807) is 12.1 Å². The fourth-order valence-corrected chi connectivity index (χ4v) is 3.76. The summed E-state index contributed by atoms with van der Waals surface area (Å²) in [4.78, 5) is 0. The molecule has 158 valence electrons. The maximum atomic E-state index is 12.2. The third kappa shape index (κ3) is 9.68. The Hall–Kier alpha value is -1.42. The Morgan fingerprint density at radius 1 is 0.929 bits per heavy atom. The van der Waals surface area contributed by atoms with Crippen LogP contribution in [0.4, 0.5) is 8.78 Å². The van der Waals surface area contributed by atoms with Crippen LogP contribution in [-0.2, 0) is 4.74 Å². The number of ether oxygens (including phenoxy) is 2. The zero-order chi connectivity index (χ0) is 20.0. The van der Waals surface area contributed by atoms with Gasteiger partial charge in [-0.05, 0) is 55.7 Å². The van der Waals surface area contributed by atoms with Gasteiger partial charge in [0.2, 0.25) is 0 Å². The predicted molar refractivity (Wildman–Crippen MR) is 112 cm³/mol. The van der Waals surface area contributed by atoms with E-state index in [9.17, 15) is 8.78 Å². The molecule has 28 heavy (non-hydrogen) atoms. The fraction of sp³-hybridized carbons (Fsp3) is 0.667. The maximum absolute atomic E-state index is 12.2. The average Bonchev–Trinajstić information content (AvgIpc) is 2.70. The van der Waals surface area contributed by atoms with Crippen molar-refractivity contribution in [1.29, 1.82) is 0 Å². The van der Waals surface area contributed by atoms with Gasteiger partial charge < -0.3 is 9.47 Å². The summed E-state index contributed by atoms with van der Waals surface area (Å²) >= 11 is 0. The van der Waals surface area contributed by atoms with Gasteiger partial charge in [0, 0.05) is 6.61 Å². The molecule has 2 nitrogen and oxygen atoms in total. The molecule has 1 fully saturated rings. The van der Waals surface area contributed by atoms with Gasteiger partial charge in [0.05, 0.1) is 6.10 Å². The molecule has 2 rings (SSSR count). The van der Waals surface area contributed by atoms with E-state index in [-0.39, 0.29) is 5.75 Å². The Bertz CT molecular complexity index is 534. The molecular weight excluding hydrogens is 358 g/mol. The highest BCUT2D eigenvalue weighted by Gasteiger charge is 2.19. The Labute approximate surface area is 169 Å². The van der Waals surface area contributed by atoms with Crippen molar-refractivity contribution in [2.75, 3.05) is 6.61 Å². The lowest BCUT2D eigenvalue weighted by Crippen LogP contribution is -2.21. The highest BCUT2D eigenvalue weighted by molar-refractivity contribution is 5.50. The molecule has 0 radical (unpaired) electrons. The van der Waals surface area contributed by atoms with Crippen LogP contribution in [-0.4, -0.2) is 19.3 Å². The first-order valence-electron chi connectivity index (χ1n) is 11.0. The molecule has 1 aliphatic rings. The molecule has 0 bridgehead atoms. The van der Waals surface area contributed by atoms with Crippen molar-refractivity contribution in [1.82, 2.24) is 0 Å². The number of rotatable bonds is 13. The summed E-state index contributed by atoms with van der Waals surface area (Å²) in [6.45, 7) is 0.389. The quantitative estimate of drug-likeness (QED) is 0.320. The summed E-state index contributed by atoms with van der Waals surface area (Å²) in [7, 11) is 0. The van der Waals surface area contributed by atoms with Crippen molar-refractivity contribution in [2.45, 2.75) is 90.3 Å². The SMILES string of the molecule is CCCCCCCCCOC1CCC(C=Cc2ccc(OC(F)F)cc2)CC1. The molecule has 1 aromatic carbocycles. The van der Waals surface area contributed by atoms with Crippen LogP contribution < -0.4 is 4.74 Å². The van der Waals surface area contributed by atoms with Gasteiger partial charge in [-0.1, -0.05) is 69.7 Å². The van der Waals surface area contributed by atoms with Crippen molar-refractivity contribution in [3.63, 3.8) is 0 Å². The van der Waals surface area contributed by atoms with E-state index in [1.165, 1.54) is 44.9 Å². The van der Waals surface area contributed by atoms with Crippen LogP contribution in [0.1, 0.15) is 83.1 Å². The molecule has 0 saturated heterocycles. The van der Waals surface area contributed by atoms with Crippen LogP contribution in [0.5, 0.6) is 5.75 Å². The van der Waals surface area contributed by atoms with Crippen molar-refractivity contribution >= 4 is 6.08 Å². The second kappa shape index (κ2) is 13.7. The van der Waals surface area contributed by atoms with Crippen LogP contribution in [0, 0.1) is 5.92 Å². The monoisotopic (exact) mass is 394 g/mol. The Morgan fingerprint density at radius 3 is 2.21 bits per heavy atom. The number of hydrogen-bond donors (Lipinski definition) is 0. The molecule has 0 N–H and O–H groups in total. The normalized spacial score (nSPS) is 20.1. The zero-order valence-corrected chi connectivity index (χ0v) is 17.3. The molecule has 0 amide bonds.